The number of nitrogens with one attached hydrogen (secondary N) is 1. The highest BCUT2D eigenvalue weighted by Crippen LogP contribution is 1.99. The van der Waals surface area contributed by atoms with Crippen molar-refractivity contribution < 1.29 is 29.1 Å². The van der Waals surface area contributed by atoms with Gasteiger partial charge in [-0.1, -0.05) is 6.92 Å². The van der Waals surface area contributed by atoms with Crippen LogP contribution in [-0.2, 0) is 19.2 Å². The summed E-state index contributed by atoms with van der Waals surface area (Å²) in [6.45, 7) is 2.44. The molecule has 2 N–H and O–H groups in total. The van der Waals surface area contributed by atoms with Crippen molar-refractivity contribution in [2.24, 2.45) is 0 Å². The van der Waals surface area contributed by atoms with Gasteiger partial charge in [-0.05, 0) is 0 Å². The monoisotopic (exact) mass is 246 g/mol. The van der Waals surface area contributed by atoms with Crippen LogP contribution < -0.4 is 5.32 Å². The van der Waals surface area contributed by atoms with Gasteiger partial charge < -0.3 is 15.3 Å². The predicted molar refractivity (Wildman–Crippen MR) is 54.6 cm³/mol. The van der Waals surface area contributed by atoms with Crippen LogP contribution in [0.3, 0.4) is 0 Å². The number of hydrogen-bond donors (Lipinski definition) is 2. The highest BCUT2D eigenvalue weighted by molar-refractivity contribution is 5.94. The van der Waals surface area contributed by atoms with Crippen molar-refractivity contribution in [3.63, 3.8) is 0 Å². The van der Waals surface area contributed by atoms with Crippen molar-refractivity contribution in [3.8, 4) is 0 Å². The highest BCUT2D eigenvalue weighted by Gasteiger charge is 2.21. The molecule has 0 aliphatic heterocycles. The average molecular weight is 246 g/mol. The Kier molecular flexibility index (Phi) is 6.30. The average Bonchev–Trinajstić information content (AvgIpc) is 2.24. The van der Waals surface area contributed by atoms with Gasteiger partial charge in [-0.15, -0.1) is 5.06 Å². The van der Waals surface area contributed by atoms with Crippen molar-refractivity contribution in [1.29, 1.82) is 0 Å². The van der Waals surface area contributed by atoms with Crippen molar-refractivity contribution in [2.45, 2.75) is 26.7 Å². The Hall–Kier alpha value is -2.12. The van der Waals surface area contributed by atoms with Crippen LogP contribution in [0.5, 0.6) is 0 Å². The van der Waals surface area contributed by atoms with E-state index in [4.69, 9.17) is 5.11 Å². The van der Waals surface area contributed by atoms with Crippen molar-refractivity contribution in [2.75, 3.05) is 6.54 Å². The highest BCUT2D eigenvalue weighted by atomic mass is 16.7. The lowest BCUT2D eigenvalue weighted by Crippen LogP contribution is -2.37. The molecule has 0 aliphatic rings. The summed E-state index contributed by atoms with van der Waals surface area (Å²) < 4.78 is 0. The van der Waals surface area contributed by atoms with E-state index in [2.05, 4.69) is 4.84 Å². The van der Waals surface area contributed by atoms with E-state index >= 15 is 0 Å². The molecule has 0 saturated heterocycles. The maximum absolute atomic E-state index is 11.2. The predicted octanol–water partition coefficient (Wildman–Crippen LogP) is -0.113. The molecule has 8 heteroatoms. The van der Waals surface area contributed by atoms with Gasteiger partial charge in [-0.2, -0.15) is 0 Å². The third kappa shape index (κ3) is 6.13. The maximum atomic E-state index is 11.2. The minimum absolute atomic E-state index is 0.0141. The Morgan fingerprint density at radius 2 is 1.88 bits per heavy atom. The third-order valence-corrected chi connectivity index (χ3v) is 1.61. The number of hydroxylamine groups is 2. The van der Waals surface area contributed by atoms with Crippen LogP contribution in [0.4, 0.5) is 4.79 Å². The van der Waals surface area contributed by atoms with Gasteiger partial charge in [0.05, 0.1) is 6.42 Å². The molecule has 0 aromatic carbocycles. The molecule has 0 aromatic rings. The topological polar surface area (TPSA) is 113 Å². The van der Waals surface area contributed by atoms with Gasteiger partial charge in [0.25, 0.3) is 11.8 Å². The lowest BCUT2D eigenvalue weighted by atomic mass is 10.4. The lowest BCUT2D eigenvalue weighted by Gasteiger charge is -2.16. The van der Waals surface area contributed by atoms with Gasteiger partial charge in [0.2, 0.25) is 0 Å². The largest absolute Gasteiger partial charge is 0.465 e. The summed E-state index contributed by atoms with van der Waals surface area (Å²) in [6, 6.07) is 0. The zero-order chi connectivity index (χ0) is 13.4. The van der Waals surface area contributed by atoms with E-state index in [1.54, 1.807) is 0 Å². The lowest BCUT2D eigenvalue weighted by molar-refractivity contribution is -0.201. The van der Waals surface area contributed by atoms with Gasteiger partial charge >= 0.3 is 12.1 Å². The summed E-state index contributed by atoms with van der Waals surface area (Å²) in [4.78, 5) is 47.9. The number of carboxylic acid groups (broad SMARTS) is 1. The third-order valence-electron chi connectivity index (χ3n) is 1.61. The molecular formula is C9H14N2O6. The van der Waals surface area contributed by atoms with Crippen LogP contribution in [-0.4, -0.2) is 40.6 Å². The molecule has 8 nitrogen and oxygen atoms in total. The molecule has 3 amide bonds. The van der Waals surface area contributed by atoms with Crippen LogP contribution >= 0.6 is 0 Å². The van der Waals surface area contributed by atoms with Crippen LogP contribution in [0.2, 0.25) is 0 Å². The standard InChI is InChI=1S/C9H14N2O6/c1-3-7(13)11(6(2)12)17-8(14)4-5-10-9(15)16/h10H,3-5H2,1-2H3,(H,15,16). The molecule has 17 heavy (non-hydrogen) atoms. The quantitative estimate of drug-likeness (QED) is 0.669. The molecule has 0 atom stereocenters. The number of nitrogens with zero attached hydrogens (tertiary/aromatic N) is 1. The second kappa shape index (κ2) is 7.20. The Morgan fingerprint density at radius 3 is 2.29 bits per heavy atom. The molecule has 0 aliphatic carbocycles. The Balaban J connectivity index is 4.18. The second-order valence-electron chi connectivity index (χ2n) is 3.01. The summed E-state index contributed by atoms with van der Waals surface area (Å²) in [5.41, 5.74) is 0. The van der Waals surface area contributed by atoms with E-state index in [0.717, 1.165) is 6.92 Å². The van der Waals surface area contributed by atoms with Crippen LogP contribution in [0.25, 0.3) is 0 Å². The number of carbonyl (C=O) groups excluding carboxylic acids is 3. The second-order valence-corrected chi connectivity index (χ2v) is 3.01. The minimum Gasteiger partial charge on any atom is -0.465 e. The van der Waals surface area contributed by atoms with Crippen LogP contribution in [0.1, 0.15) is 26.7 Å². The summed E-state index contributed by atoms with van der Waals surface area (Å²) in [7, 11) is 0. The Labute approximate surface area is 97.5 Å². The van der Waals surface area contributed by atoms with E-state index in [9.17, 15) is 19.2 Å². The molecule has 0 rings (SSSR count). The molecule has 0 bridgehead atoms. The first-order chi connectivity index (χ1) is 7.88. The number of hydrogen-bond acceptors (Lipinski definition) is 5. The minimum atomic E-state index is -1.27. The summed E-state index contributed by atoms with van der Waals surface area (Å²) >= 11 is 0. The van der Waals surface area contributed by atoms with Gasteiger partial charge in [-0.3, -0.25) is 9.59 Å². The SMILES string of the molecule is CCC(=O)N(OC(=O)CCNC(=O)O)C(C)=O. The fourth-order valence-corrected chi connectivity index (χ4v) is 0.853. The van der Waals surface area contributed by atoms with Crippen LogP contribution in [0.15, 0.2) is 0 Å². The van der Waals surface area contributed by atoms with Crippen molar-refractivity contribution >= 4 is 23.9 Å². The first-order valence-electron chi connectivity index (χ1n) is 4.89. The van der Waals surface area contributed by atoms with Gasteiger partial charge in [0.15, 0.2) is 0 Å². The fraction of sp³-hybridized carbons (Fsp3) is 0.556. The summed E-state index contributed by atoms with van der Waals surface area (Å²) in [6.07, 6.45) is -1.53. The van der Waals surface area contributed by atoms with E-state index in [1.165, 1.54) is 6.92 Å². The first kappa shape index (κ1) is 14.9. The number of amides is 3. The molecule has 0 aromatic heterocycles. The molecule has 0 fully saturated rings. The zero-order valence-corrected chi connectivity index (χ0v) is 9.56. The molecular weight excluding hydrogens is 232 g/mol. The fourth-order valence-electron chi connectivity index (χ4n) is 0.853. The smallest absolute Gasteiger partial charge is 0.404 e. The van der Waals surface area contributed by atoms with Crippen LogP contribution in [0, 0.1) is 0 Å². The normalized spacial score (nSPS) is 9.29. The number of imide groups is 1. The van der Waals surface area contributed by atoms with E-state index in [0.29, 0.717) is 5.06 Å². The zero-order valence-electron chi connectivity index (χ0n) is 9.56. The molecule has 96 valence electrons. The van der Waals surface area contributed by atoms with E-state index in [1.807, 2.05) is 5.32 Å². The van der Waals surface area contributed by atoms with Crippen molar-refractivity contribution in [3.05, 3.63) is 0 Å². The molecule has 0 spiro atoms. The molecule has 0 unspecified atom stereocenters. The van der Waals surface area contributed by atoms with Gasteiger partial charge in [0, 0.05) is 19.9 Å². The molecule has 0 heterocycles. The number of rotatable bonds is 4. The first-order valence-corrected chi connectivity index (χ1v) is 4.89. The summed E-state index contributed by atoms with van der Waals surface area (Å²) in [5.74, 6) is -2.22. The maximum Gasteiger partial charge on any atom is 0.404 e. The Morgan fingerprint density at radius 1 is 1.29 bits per heavy atom. The molecule has 0 saturated carbocycles. The molecule has 0 radical (unpaired) electrons. The van der Waals surface area contributed by atoms with Gasteiger partial charge in [0.1, 0.15) is 0 Å². The Bertz CT molecular complexity index is 327. The van der Waals surface area contributed by atoms with E-state index < -0.39 is 23.9 Å². The van der Waals surface area contributed by atoms with Gasteiger partial charge in [-0.25, -0.2) is 9.59 Å². The van der Waals surface area contributed by atoms with E-state index in [-0.39, 0.29) is 19.4 Å². The summed E-state index contributed by atoms with van der Waals surface area (Å²) in [5, 5.41) is 10.6. The number of carbonyl (C=O) groups is 4. The van der Waals surface area contributed by atoms with Crippen molar-refractivity contribution in [1.82, 2.24) is 10.4 Å².